The molecule has 162 valence electrons. The van der Waals surface area contributed by atoms with Gasteiger partial charge in [0.15, 0.2) is 0 Å². The van der Waals surface area contributed by atoms with E-state index in [2.05, 4.69) is 0 Å². The molecule has 3 atom stereocenters. The maximum absolute atomic E-state index is 13.2. The quantitative estimate of drug-likeness (QED) is 0.631. The summed E-state index contributed by atoms with van der Waals surface area (Å²) >= 11 is 0. The maximum Gasteiger partial charge on any atom is 0.333 e. The lowest BCUT2D eigenvalue weighted by atomic mass is 10.1. The van der Waals surface area contributed by atoms with Crippen LogP contribution in [-0.2, 0) is 22.6 Å². The Morgan fingerprint density at radius 2 is 1.68 bits per heavy atom. The second kappa shape index (κ2) is 9.43. The number of aliphatic hydroxyl groups excluding tert-OH is 1. The first kappa shape index (κ1) is 21.2. The predicted octanol–water partition coefficient (Wildman–Crippen LogP) is 2.23. The van der Waals surface area contributed by atoms with Gasteiger partial charge in [-0.1, -0.05) is 60.7 Å². The van der Waals surface area contributed by atoms with Crippen LogP contribution in [0, 0.1) is 6.92 Å². The standard InChI is InChI=1S/C24H26N2O5/c1-17-13-25(24(29)26(23(17)28)14-18-8-4-2-5-9-18)22-12-20(21(15-27)31-22)30-16-19-10-6-3-7-11-19/h2-11,13,20-22,27H,12,14-16H2,1H3/t20-,21+,22+/m0/s1. The lowest BCUT2D eigenvalue weighted by molar-refractivity contribution is -0.0660. The van der Waals surface area contributed by atoms with Crippen molar-refractivity contribution >= 4 is 0 Å². The first-order valence-electron chi connectivity index (χ1n) is 10.3. The van der Waals surface area contributed by atoms with Crippen LogP contribution in [-0.4, -0.2) is 33.1 Å². The molecule has 2 heterocycles. The van der Waals surface area contributed by atoms with Gasteiger partial charge < -0.3 is 14.6 Å². The van der Waals surface area contributed by atoms with Crippen LogP contribution in [0.2, 0.25) is 0 Å². The smallest absolute Gasteiger partial charge is 0.333 e. The van der Waals surface area contributed by atoms with E-state index in [0.29, 0.717) is 18.6 Å². The van der Waals surface area contributed by atoms with Gasteiger partial charge in [0.25, 0.3) is 5.56 Å². The number of rotatable bonds is 7. The fourth-order valence-corrected chi connectivity index (χ4v) is 3.86. The van der Waals surface area contributed by atoms with Gasteiger partial charge in [-0.3, -0.25) is 13.9 Å². The molecule has 0 amide bonds. The fourth-order valence-electron chi connectivity index (χ4n) is 3.86. The third-order valence-electron chi connectivity index (χ3n) is 5.53. The summed E-state index contributed by atoms with van der Waals surface area (Å²) < 4.78 is 14.6. The summed E-state index contributed by atoms with van der Waals surface area (Å²) in [7, 11) is 0. The zero-order valence-corrected chi connectivity index (χ0v) is 17.4. The van der Waals surface area contributed by atoms with Crippen molar-refractivity contribution in [1.29, 1.82) is 0 Å². The Morgan fingerprint density at radius 3 is 2.32 bits per heavy atom. The summed E-state index contributed by atoms with van der Waals surface area (Å²) in [6.45, 7) is 2.04. The molecule has 0 saturated carbocycles. The van der Waals surface area contributed by atoms with Gasteiger partial charge in [-0.25, -0.2) is 4.79 Å². The topological polar surface area (TPSA) is 82.7 Å². The molecule has 1 aromatic heterocycles. The van der Waals surface area contributed by atoms with E-state index in [9.17, 15) is 14.7 Å². The van der Waals surface area contributed by atoms with Gasteiger partial charge in [-0.15, -0.1) is 0 Å². The minimum atomic E-state index is -0.619. The Hall–Kier alpha value is -3.00. The number of aliphatic hydroxyl groups is 1. The second-order valence-electron chi connectivity index (χ2n) is 7.76. The molecular weight excluding hydrogens is 396 g/mol. The third kappa shape index (κ3) is 4.69. The average molecular weight is 422 g/mol. The minimum absolute atomic E-state index is 0.185. The highest BCUT2D eigenvalue weighted by Crippen LogP contribution is 2.30. The van der Waals surface area contributed by atoms with Gasteiger partial charge in [-0.2, -0.15) is 0 Å². The third-order valence-corrected chi connectivity index (χ3v) is 5.53. The first-order chi connectivity index (χ1) is 15.1. The van der Waals surface area contributed by atoms with Crippen molar-refractivity contribution in [3.8, 4) is 0 Å². The molecule has 1 N–H and O–H groups in total. The van der Waals surface area contributed by atoms with E-state index in [1.807, 2.05) is 60.7 Å². The molecule has 31 heavy (non-hydrogen) atoms. The number of hydrogen-bond donors (Lipinski definition) is 1. The molecule has 1 aliphatic rings. The Morgan fingerprint density at radius 1 is 1.03 bits per heavy atom. The van der Waals surface area contributed by atoms with E-state index < -0.39 is 18.0 Å². The Balaban J connectivity index is 1.57. The van der Waals surface area contributed by atoms with Gasteiger partial charge in [0, 0.05) is 18.2 Å². The second-order valence-corrected chi connectivity index (χ2v) is 7.76. The highest BCUT2D eigenvalue weighted by molar-refractivity contribution is 5.16. The molecule has 1 fully saturated rings. The van der Waals surface area contributed by atoms with Gasteiger partial charge in [0.05, 0.1) is 25.9 Å². The monoisotopic (exact) mass is 422 g/mol. The zero-order chi connectivity index (χ0) is 21.8. The molecule has 7 nitrogen and oxygen atoms in total. The van der Waals surface area contributed by atoms with Crippen molar-refractivity contribution in [2.75, 3.05) is 6.61 Å². The van der Waals surface area contributed by atoms with E-state index in [0.717, 1.165) is 11.1 Å². The van der Waals surface area contributed by atoms with E-state index in [1.54, 1.807) is 6.92 Å². The summed E-state index contributed by atoms with van der Waals surface area (Å²) in [5.41, 5.74) is 1.58. The molecule has 1 aliphatic heterocycles. The average Bonchev–Trinajstić information content (AvgIpc) is 3.22. The van der Waals surface area contributed by atoms with Crippen LogP contribution in [0.5, 0.6) is 0 Å². The van der Waals surface area contributed by atoms with Crippen molar-refractivity contribution in [2.45, 2.75) is 44.9 Å². The summed E-state index contributed by atoms with van der Waals surface area (Å²) in [5, 5.41) is 9.77. The lowest BCUT2D eigenvalue weighted by Gasteiger charge is -2.17. The number of aromatic nitrogens is 2. The van der Waals surface area contributed by atoms with Crippen LogP contribution in [0.3, 0.4) is 0 Å². The van der Waals surface area contributed by atoms with Crippen molar-refractivity contribution in [3.63, 3.8) is 0 Å². The normalized spacial score (nSPS) is 20.8. The van der Waals surface area contributed by atoms with Crippen LogP contribution in [0.15, 0.2) is 76.4 Å². The molecule has 0 unspecified atom stereocenters. The highest BCUT2D eigenvalue weighted by atomic mass is 16.6. The summed E-state index contributed by atoms with van der Waals surface area (Å²) in [5.74, 6) is 0. The summed E-state index contributed by atoms with van der Waals surface area (Å²) in [6.07, 6.45) is 0.408. The zero-order valence-electron chi connectivity index (χ0n) is 17.4. The van der Waals surface area contributed by atoms with Crippen molar-refractivity contribution in [2.24, 2.45) is 0 Å². The molecule has 2 aromatic carbocycles. The highest BCUT2D eigenvalue weighted by Gasteiger charge is 2.37. The Kier molecular flexibility index (Phi) is 6.46. The predicted molar refractivity (Wildman–Crippen MR) is 116 cm³/mol. The van der Waals surface area contributed by atoms with Crippen LogP contribution in [0.4, 0.5) is 0 Å². The van der Waals surface area contributed by atoms with E-state index in [4.69, 9.17) is 9.47 Å². The fraction of sp³-hybridized carbons (Fsp3) is 0.333. The molecule has 0 radical (unpaired) electrons. The van der Waals surface area contributed by atoms with Crippen LogP contribution in [0.1, 0.15) is 29.3 Å². The lowest BCUT2D eigenvalue weighted by Crippen LogP contribution is -2.42. The number of benzene rings is 2. The van der Waals surface area contributed by atoms with E-state index >= 15 is 0 Å². The molecule has 3 aromatic rings. The molecule has 4 rings (SSSR count). The maximum atomic E-state index is 13.2. The molecular formula is C24H26N2O5. The molecule has 0 bridgehead atoms. The number of hydrogen-bond acceptors (Lipinski definition) is 5. The van der Waals surface area contributed by atoms with Gasteiger partial charge in [0.2, 0.25) is 0 Å². The number of aryl methyl sites for hydroxylation is 1. The van der Waals surface area contributed by atoms with E-state index in [1.165, 1.54) is 15.3 Å². The molecule has 0 aliphatic carbocycles. The minimum Gasteiger partial charge on any atom is -0.394 e. The first-order valence-corrected chi connectivity index (χ1v) is 10.3. The van der Waals surface area contributed by atoms with Crippen LogP contribution in [0.25, 0.3) is 0 Å². The van der Waals surface area contributed by atoms with Crippen molar-refractivity contribution < 1.29 is 14.6 Å². The SMILES string of the molecule is Cc1cn([C@H]2C[C@H](OCc3ccccc3)[C@@H](CO)O2)c(=O)n(Cc2ccccc2)c1=O. The van der Waals surface area contributed by atoms with Gasteiger partial charge in [-0.05, 0) is 18.1 Å². The molecule has 0 spiro atoms. The Labute approximate surface area is 180 Å². The van der Waals surface area contributed by atoms with Gasteiger partial charge in [0.1, 0.15) is 12.3 Å². The summed E-state index contributed by atoms with van der Waals surface area (Å²) in [4.78, 5) is 25.8. The molecule has 1 saturated heterocycles. The molecule has 7 heteroatoms. The summed E-state index contributed by atoms with van der Waals surface area (Å²) in [6, 6.07) is 19.1. The largest absolute Gasteiger partial charge is 0.394 e. The number of ether oxygens (including phenoxy) is 2. The van der Waals surface area contributed by atoms with Crippen LogP contribution < -0.4 is 11.2 Å². The van der Waals surface area contributed by atoms with Crippen molar-refractivity contribution in [3.05, 3.63) is 104 Å². The van der Waals surface area contributed by atoms with E-state index in [-0.39, 0.29) is 24.8 Å². The van der Waals surface area contributed by atoms with Gasteiger partial charge >= 0.3 is 5.69 Å². The Bertz CT molecular complexity index is 1120. The van der Waals surface area contributed by atoms with Crippen LogP contribution >= 0.6 is 0 Å². The van der Waals surface area contributed by atoms with Crippen molar-refractivity contribution in [1.82, 2.24) is 9.13 Å². The number of nitrogens with zero attached hydrogens (tertiary/aromatic N) is 2.